The van der Waals surface area contributed by atoms with Crippen molar-refractivity contribution in [3.8, 4) is 0 Å². The Labute approximate surface area is 160 Å². The van der Waals surface area contributed by atoms with Gasteiger partial charge in [-0.25, -0.2) is 4.37 Å². The summed E-state index contributed by atoms with van der Waals surface area (Å²) in [7, 11) is 0. The fraction of sp³-hybridized carbons (Fsp3) is 0.389. The van der Waals surface area contributed by atoms with Gasteiger partial charge in [-0.3, -0.25) is 9.78 Å². The van der Waals surface area contributed by atoms with Gasteiger partial charge in [0.1, 0.15) is 22.9 Å². The second-order valence-electron chi connectivity index (χ2n) is 6.98. The quantitative estimate of drug-likeness (QED) is 0.683. The van der Waals surface area contributed by atoms with Gasteiger partial charge in [0, 0.05) is 31.6 Å². The van der Waals surface area contributed by atoms with Gasteiger partial charge in [-0.05, 0) is 35.6 Å². The number of ether oxygens (including phenoxy) is 1. The standard InChI is InChI=1S/C18H18N6O2S/c25-17(14-3-6-20-27-14)23-7-4-18(11-23)12-24-15(21-22-16(24)10-26-18)8-13-2-1-5-19-9-13/h1-3,5-6,9H,4,7-8,10-12H2. The molecule has 0 N–H and O–H groups in total. The predicted molar refractivity (Wildman–Crippen MR) is 97.2 cm³/mol. The Kier molecular flexibility index (Phi) is 3.98. The number of nitrogens with zero attached hydrogens (tertiary/aromatic N) is 6. The van der Waals surface area contributed by atoms with Gasteiger partial charge in [-0.1, -0.05) is 6.07 Å². The minimum absolute atomic E-state index is 0.0307. The lowest BCUT2D eigenvalue weighted by molar-refractivity contribution is -0.0814. The van der Waals surface area contributed by atoms with Crippen LogP contribution in [0.2, 0.25) is 0 Å². The molecule has 9 heteroatoms. The van der Waals surface area contributed by atoms with Crippen molar-refractivity contribution in [1.82, 2.24) is 29.0 Å². The van der Waals surface area contributed by atoms with E-state index >= 15 is 0 Å². The zero-order valence-electron chi connectivity index (χ0n) is 14.6. The molecule has 8 nitrogen and oxygen atoms in total. The van der Waals surface area contributed by atoms with E-state index in [0.29, 0.717) is 37.5 Å². The summed E-state index contributed by atoms with van der Waals surface area (Å²) in [6, 6.07) is 5.73. The minimum atomic E-state index is -0.376. The van der Waals surface area contributed by atoms with E-state index in [1.165, 1.54) is 11.5 Å². The number of hydrogen-bond acceptors (Lipinski definition) is 7. The van der Waals surface area contributed by atoms with Gasteiger partial charge in [0.25, 0.3) is 5.91 Å². The molecule has 27 heavy (non-hydrogen) atoms. The van der Waals surface area contributed by atoms with E-state index in [9.17, 15) is 4.79 Å². The molecule has 0 bridgehead atoms. The number of amides is 1. The molecule has 0 aromatic carbocycles. The number of fused-ring (bicyclic) bond motifs is 1. The first-order valence-corrected chi connectivity index (χ1v) is 9.64. The van der Waals surface area contributed by atoms with Gasteiger partial charge in [0.2, 0.25) is 0 Å². The van der Waals surface area contributed by atoms with Crippen molar-refractivity contribution in [2.24, 2.45) is 0 Å². The van der Waals surface area contributed by atoms with Crippen LogP contribution in [0.25, 0.3) is 0 Å². The van der Waals surface area contributed by atoms with Crippen molar-refractivity contribution in [2.45, 2.75) is 31.6 Å². The highest BCUT2D eigenvalue weighted by atomic mass is 32.1. The third kappa shape index (κ3) is 3.02. The summed E-state index contributed by atoms with van der Waals surface area (Å²) in [5, 5.41) is 8.64. The van der Waals surface area contributed by atoms with Crippen LogP contribution in [-0.4, -0.2) is 53.6 Å². The molecule has 3 aromatic rings. The molecular weight excluding hydrogens is 364 g/mol. The van der Waals surface area contributed by atoms with E-state index in [4.69, 9.17) is 4.74 Å². The van der Waals surface area contributed by atoms with Crippen LogP contribution < -0.4 is 0 Å². The summed E-state index contributed by atoms with van der Waals surface area (Å²) in [5.41, 5.74) is 0.723. The van der Waals surface area contributed by atoms with Gasteiger partial charge in [-0.15, -0.1) is 10.2 Å². The smallest absolute Gasteiger partial charge is 0.265 e. The summed E-state index contributed by atoms with van der Waals surface area (Å²) >= 11 is 1.23. The summed E-state index contributed by atoms with van der Waals surface area (Å²) in [5.74, 6) is 1.78. The number of carbonyl (C=O) groups is 1. The van der Waals surface area contributed by atoms with E-state index in [2.05, 4.69) is 24.1 Å². The van der Waals surface area contributed by atoms with Gasteiger partial charge in [0.05, 0.1) is 13.1 Å². The summed E-state index contributed by atoms with van der Waals surface area (Å²) in [4.78, 5) is 19.3. The van der Waals surface area contributed by atoms with Crippen LogP contribution in [0.1, 0.15) is 33.3 Å². The maximum absolute atomic E-state index is 12.6. The SMILES string of the molecule is O=C(c1ccns1)N1CCC2(C1)Cn1c(nnc1Cc1cccnc1)CO2. The van der Waals surface area contributed by atoms with E-state index in [1.807, 2.05) is 23.2 Å². The molecule has 3 aromatic heterocycles. The van der Waals surface area contributed by atoms with Gasteiger partial charge < -0.3 is 14.2 Å². The van der Waals surface area contributed by atoms with Crippen LogP contribution in [0.3, 0.4) is 0 Å². The monoisotopic (exact) mass is 382 g/mol. The molecule has 5 heterocycles. The molecule has 0 saturated carbocycles. The molecule has 0 radical (unpaired) electrons. The van der Waals surface area contributed by atoms with E-state index in [-0.39, 0.29) is 11.5 Å². The van der Waals surface area contributed by atoms with Crippen molar-refractivity contribution in [1.29, 1.82) is 0 Å². The zero-order valence-corrected chi connectivity index (χ0v) is 15.4. The molecule has 1 atom stereocenters. The molecule has 5 rings (SSSR count). The van der Waals surface area contributed by atoms with Crippen molar-refractivity contribution >= 4 is 17.4 Å². The third-order valence-electron chi connectivity index (χ3n) is 5.19. The Morgan fingerprint density at radius 3 is 3.04 bits per heavy atom. The van der Waals surface area contributed by atoms with Crippen LogP contribution >= 0.6 is 11.5 Å². The second kappa shape index (κ2) is 6.50. The van der Waals surface area contributed by atoms with Crippen molar-refractivity contribution in [3.63, 3.8) is 0 Å². The molecule has 1 amide bonds. The normalized spacial score (nSPS) is 21.6. The molecule has 1 spiro atoms. The average molecular weight is 382 g/mol. The first-order chi connectivity index (χ1) is 13.2. The largest absolute Gasteiger partial charge is 0.363 e. The fourth-order valence-corrected chi connectivity index (χ4v) is 4.34. The summed E-state index contributed by atoms with van der Waals surface area (Å²) in [6.45, 7) is 2.35. The first kappa shape index (κ1) is 16.5. The van der Waals surface area contributed by atoms with Crippen molar-refractivity contribution in [2.75, 3.05) is 13.1 Å². The molecule has 2 aliphatic heterocycles. The fourth-order valence-electron chi connectivity index (χ4n) is 3.78. The third-order valence-corrected chi connectivity index (χ3v) is 5.93. The Morgan fingerprint density at radius 1 is 1.26 bits per heavy atom. The van der Waals surface area contributed by atoms with Gasteiger partial charge >= 0.3 is 0 Å². The van der Waals surface area contributed by atoms with Crippen molar-refractivity contribution in [3.05, 3.63) is 58.9 Å². The number of carbonyl (C=O) groups excluding carboxylic acids is 1. The van der Waals surface area contributed by atoms with E-state index < -0.39 is 0 Å². The van der Waals surface area contributed by atoms with Crippen LogP contribution in [0, 0.1) is 0 Å². The number of likely N-dealkylation sites (tertiary alicyclic amines) is 1. The van der Waals surface area contributed by atoms with Crippen LogP contribution in [-0.2, 0) is 24.3 Å². The van der Waals surface area contributed by atoms with E-state index in [1.54, 1.807) is 18.5 Å². The maximum Gasteiger partial charge on any atom is 0.265 e. The minimum Gasteiger partial charge on any atom is -0.363 e. The van der Waals surface area contributed by atoms with Gasteiger partial charge in [-0.2, -0.15) is 0 Å². The van der Waals surface area contributed by atoms with Crippen LogP contribution in [0.4, 0.5) is 0 Å². The lowest BCUT2D eigenvalue weighted by Gasteiger charge is -2.34. The Balaban J connectivity index is 1.35. The molecule has 0 aliphatic carbocycles. The first-order valence-electron chi connectivity index (χ1n) is 8.86. The molecule has 138 valence electrons. The number of pyridine rings is 1. The molecule has 2 aliphatic rings. The molecule has 1 fully saturated rings. The summed E-state index contributed by atoms with van der Waals surface area (Å²) < 4.78 is 12.4. The maximum atomic E-state index is 12.6. The number of rotatable bonds is 3. The Morgan fingerprint density at radius 2 is 2.22 bits per heavy atom. The van der Waals surface area contributed by atoms with Crippen LogP contribution in [0.15, 0.2) is 36.8 Å². The lowest BCUT2D eigenvalue weighted by Crippen LogP contribution is -2.45. The van der Waals surface area contributed by atoms with Crippen molar-refractivity contribution < 1.29 is 9.53 Å². The average Bonchev–Trinajstić information content (AvgIpc) is 3.44. The lowest BCUT2D eigenvalue weighted by atomic mass is 10.0. The summed E-state index contributed by atoms with van der Waals surface area (Å²) in [6.07, 6.45) is 6.76. The predicted octanol–water partition coefficient (Wildman–Crippen LogP) is 1.54. The Bertz CT molecular complexity index is 958. The highest BCUT2D eigenvalue weighted by molar-refractivity contribution is 7.08. The highest BCUT2D eigenvalue weighted by Crippen LogP contribution is 2.33. The molecule has 1 saturated heterocycles. The number of aromatic nitrogens is 5. The zero-order chi connectivity index (χ0) is 18.3. The van der Waals surface area contributed by atoms with E-state index in [0.717, 1.165) is 23.6 Å². The molecular formula is C18H18N6O2S. The second-order valence-corrected chi connectivity index (χ2v) is 7.81. The molecule has 1 unspecified atom stereocenters. The Hall–Kier alpha value is -2.65. The highest BCUT2D eigenvalue weighted by Gasteiger charge is 2.45. The topological polar surface area (TPSA) is 86.0 Å². The van der Waals surface area contributed by atoms with Crippen LogP contribution in [0.5, 0.6) is 0 Å². The van der Waals surface area contributed by atoms with Gasteiger partial charge in [0.15, 0.2) is 5.82 Å². The number of hydrogen-bond donors (Lipinski definition) is 0.